The van der Waals surface area contributed by atoms with Crippen LogP contribution >= 0.6 is 0 Å². The Morgan fingerprint density at radius 2 is 1.95 bits per heavy atom. The molecular weight excluding hydrogens is 272 g/mol. The van der Waals surface area contributed by atoms with Crippen molar-refractivity contribution >= 4 is 0 Å². The largest absolute Gasteiger partial charge is 0.366 e. The van der Waals surface area contributed by atoms with Gasteiger partial charge in [0.05, 0.1) is 13.2 Å². The van der Waals surface area contributed by atoms with Gasteiger partial charge in [-0.15, -0.1) is 0 Å². The highest BCUT2D eigenvalue weighted by Crippen LogP contribution is 2.35. The third-order valence-electron chi connectivity index (χ3n) is 3.82. The number of aliphatic hydroxyl groups excluding tert-OH is 1. The van der Waals surface area contributed by atoms with Crippen molar-refractivity contribution in [3.63, 3.8) is 0 Å². The maximum Gasteiger partial charge on any atom is 0.183 e. The van der Waals surface area contributed by atoms with Gasteiger partial charge in [-0.05, 0) is 26.3 Å². The molecule has 21 heavy (non-hydrogen) atoms. The molecule has 0 radical (unpaired) electrons. The molecule has 1 N–H and O–H groups in total. The van der Waals surface area contributed by atoms with Gasteiger partial charge in [0.2, 0.25) is 0 Å². The minimum Gasteiger partial charge on any atom is -0.366 e. The van der Waals surface area contributed by atoms with Crippen LogP contribution in [-0.2, 0) is 25.6 Å². The summed E-state index contributed by atoms with van der Waals surface area (Å²) in [6.07, 6.45) is -2.05. The number of fused-ring (bicyclic) bond motifs is 1. The topological polar surface area (TPSA) is 57.2 Å². The first-order valence-electron chi connectivity index (χ1n) is 7.27. The van der Waals surface area contributed by atoms with E-state index in [1.165, 1.54) is 5.56 Å². The summed E-state index contributed by atoms with van der Waals surface area (Å²) in [5.74, 6) is -0.672. The van der Waals surface area contributed by atoms with E-state index < -0.39 is 18.2 Å². The number of aryl methyl sites for hydroxylation is 1. The monoisotopic (exact) mass is 294 g/mol. The van der Waals surface area contributed by atoms with Crippen LogP contribution in [0.1, 0.15) is 25.0 Å². The van der Waals surface area contributed by atoms with Gasteiger partial charge in [-0.1, -0.05) is 29.8 Å². The summed E-state index contributed by atoms with van der Waals surface area (Å²) in [7, 11) is 0. The number of ether oxygens (including phenoxy) is 4. The van der Waals surface area contributed by atoms with Crippen LogP contribution in [0.25, 0.3) is 0 Å². The Hall–Kier alpha value is -0.980. The van der Waals surface area contributed by atoms with E-state index in [0.29, 0.717) is 13.2 Å². The zero-order chi connectivity index (χ0) is 15.0. The Labute approximate surface area is 124 Å². The molecule has 5 heteroatoms. The van der Waals surface area contributed by atoms with E-state index in [9.17, 15) is 5.11 Å². The predicted octanol–water partition coefficient (Wildman–Crippen LogP) is 1.75. The lowest BCUT2D eigenvalue weighted by atomic mass is 10.1. The molecule has 2 aliphatic heterocycles. The Balaban J connectivity index is 1.66. The molecule has 0 aromatic heterocycles. The number of rotatable bonds is 3. The molecule has 4 atom stereocenters. The van der Waals surface area contributed by atoms with Crippen molar-refractivity contribution in [2.24, 2.45) is 0 Å². The minimum absolute atomic E-state index is 0.202. The summed E-state index contributed by atoms with van der Waals surface area (Å²) in [5, 5.41) is 10.0. The van der Waals surface area contributed by atoms with Gasteiger partial charge in [-0.25, -0.2) is 0 Å². The number of hydrogen-bond acceptors (Lipinski definition) is 5. The average molecular weight is 294 g/mol. The molecule has 2 fully saturated rings. The molecule has 2 saturated heterocycles. The second-order valence-electron chi connectivity index (χ2n) is 6.12. The first-order valence-corrected chi connectivity index (χ1v) is 7.27. The molecule has 5 nitrogen and oxygen atoms in total. The molecule has 0 unspecified atom stereocenters. The first-order chi connectivity index (χ1) is 9.94. The number of hydrogen-bond donors (Lipinski definition) is 1. The van der Waals surface area contributed by atoms with Crippen LogP contribution in [0.2, 0.25) is 0 Å². The molecule has 3 rings (SSSR count). The van der Waals surface area contributed by atoms with Gasteiger partial charge in [0, 0.05) is 0 Å². The smallest absolute Gasteiger partial charge is 0.183 e. The summed E-state index contributed by atoms with van der Waals surface area (Å²) < 4.78 is 22.8. The van der Waals surface area contributed by atoms with E-state index in [1.807, 2.05) is 45.0 Å². The molecule has 1 aromatic carbocycles. The summed E-state index contributed by atoms with van der Waals surface area (Å²) in [4.78, 5) is 0. The van der Waals surface area contributed by atoms with Crippen molar-refractivity contribution in [1.82, 2.24) is 0 Å². The maximum atomic E-state index is 10.0. The van der Waals surface area contributed by atoms with Crippen molar-refractivity contribution in [1.29, 1.82) is 0 Å². The van der Waals surface area contributed by atoms with E-state index in [-0.39, 0.29) is 12.2 Å². The van der Waals surface area contributed by atoms with Crippen molar-refractivity contribution in [3.8, 4) is 0 Å². The molecule has 116 valence electrons. The average Bonchev–Trinajstić information content (AvgIpc) is 2.74. The van der Waals surface area contributed by atoms with Gasteiger partial charge in [0.1, 0.15) is 18.3 Å². The molecule has 2 aliphatic rings. The lowest BCUT2D eigenvalue weighted by Gasteiger charge is -2.34. The second-order valence-corrected chi connectivity index (χ2v) is 6.12. The van der Waals surface area contributed by atoms with Crippen LogP contribution in [-0.4, -0.2) is 42.1 Å². The maximum absolute atomic E-state index is 10.0. The highest BCUT2D eigenvalue weighted by Gasteiger charge is 2.51. The van der Waals surface area contributed by atoms with Crippen LogP contribution in [0.15, 0.2) is 24.3 Å². The number of aliphatic hydroxyl groups is 1. The van der Waals surface area contributed by atoms with Crippen LogP contribution in [0.5, 0.6) is 0 Å². The fraction of sp³-hybridized carbons (Fsp3) is 0.625. The molecule has 0 bridgehead atoms. The number of benzene rings is 1. The zero-order valence-corrected chi connectivity index (χ0v) is 12.6. The fourth-order valence-corrected chi connectivity index (χ4v) is 2.77. The normalized spacial score (nSPS) is 34.7. The lowest BCUT2D eigenvalue weighted by molar-refractivity contribution is -0.247. The van der Waals surface area contributed by atoms with Crippen LogP contribution in [0, 0.1) is 6.92 Å². The molecular formula is C16H22O5. The molecule has 0 spiro atoms. The van der Waals surface area contributed by atoms with Gasteiger partial charge in [-0.3, -0.25) is 0 Å². The second kappa shape index (κ2) is 5.66. The Morgan fingerprint density at radius 3 is 2.67 bits per heavy atom. The summed E-state index contributed by atoms with van der Waals surface area (Å²) >= 11 is 0. The van der Waals surface area contributed by atoms with Gasteiger partial charge < -0.3 is 24.1 Å². The Morgan fingerprint density at radius 1 is 1.24 bits per heavy atom. The van der Waals surface area contributed by atoms with Crippen molar-refractivity contribution in [3.05, 3.63) is 35.4 Å². The molecule has 1 aromatic rings. The highest BCUT2D eigenvalue weighted by atomic mass is 16.8. The van der Waals surface area contributed by atoms with Crippen LogP contribution in [0.3, 0.4) is 0 Å². The molecule has 0 amide bonds. The van der Waals surface area contributed by atoms with Crippen molar-refractivity contribution in [2.75, 3.05) is 6.61 Å². The molecule has 0 aliphatic carbocycles. The minimum atomic E-state index is -0.991. The van der Waals surface area contributed by atoms with E-state index in [1.54, 1.807) is 0 Å². The summed E-state index contributed by atoms with van der Waals surface area (Å²) in [6, 6.07) is 8.10. The standard InChI is InChI=1S/C16H22O5/c1-10-4-6-11(7-5-10)8-18-14-13-12(9-19-15(14)17)20-16(2,3)21-13/h4-7,12-15,17H,8-9H2,1-3H3/t12-,13-,14+,15-/m0/s1. The summed E-state index contributed by atoms with van der Waals surface area (Å²) in [5.41, 5.74) is 2.25. The van der Waals surface area contributed by atoms with Crippen LogP contribution < -0.4 is 0 Å². The molecule has 2 heterocycles. The SMILES string of the molecule is Cc1ccc(CO[C@@H]2[C@H]3OC(C)(C)O[C@H]3CO[C@@H]2O)cc1. The van der Waals surface area contributed by atoms with E-state index in [0.717, 1.165) is 5.56 Å². The van der Waals surface area contributed by atoms with E-state index in [4.69, 9.17) is 18.9 Å². The predicted molar refractivity (Wildman–Crippen MR) is 75.5 cm³/mol. The van der Waals surface area contributed by atoms with Gasteiger partial charge in [0.15, 0.2) is 12.1 Å². The summed E-state index contributed by atoms with van der Waals surface area (Å²) in [6.45, 7) is 6.47. The van der Waals surface area contributed by atoms with Crippen LogP contribution in [0.4, 0.5) is 0 Å². The third kappa shape index (κ3) is 3.27. The fourth-order valence-electron chi connectivity index (χ4n) is 2.77. The van der Waals surface area contributed by atoms with E-state index >= 15 is 0 Å². The molecule has 0 saturated carbocycles. The van der Waals surface area contributed by atoms with Crippen molar-refractivity contribution in [2.45, 2.75) is 57.8 Å². The van der Waals surface area contributed by atoms with Gasteiger partial charge in [0.25, 0.3) is 0 Å². The van der Waals surface area contributed by atoms with E-state index in [2.05, 4.69) is 0 Å². The first kappa shape index (κ1) is 14.9. The van der Waals surface area contributed by atoms with Gasteiger partial charge in [-0.2, -0.15) is 0 Å². The Bertz CT molecular complexity index is 484. The third-order valence-corrected chi connectivity index (χ3v) is 3.82. The van der Waals surface area contributed by atoms with Gasteiger partial charge >= 0.3 is 0 Å². The highest BCUT2D eigenvalue weighted by molar-refractivity contribution is 5.20. The van der Waals surface area contributed by atoms with Crippen molar-refractivity contribution < 1.29 is 24.1 Å². The zero-order valence-electron chi connectivity index (χ0n) is 12.6. The Kier molecular flexibility index (Phi) is 4.03. The lowest BCUT2D eigenvalue weighted by Crippen LogP contribution is -2.52. The quantitative estimate of drug-likeness (QED) is 0.920.